The third-order valence-electron chi connectivity index (χ3n) is 5.03. The van der Waals surface area contributed by atoms with Crippen molar-refractivity contribution in [2.75, 3.05) is 0 Å². The fourth-order valence-electron chi connectivity index (χ4n) is 3.33. The number of halogens is 3. The van der Waals surface area contributed by atoms with Crippen LogP contribution >= 0.6 is 0 Å². The molecule has 0 atom stereocenters. The zero-order valence-electron chi connectivity index (χ0n) is 18.6. The number of hydrogen-bond acceptors (Lipinski definition) is 2. The molecule has 0 aliphatic heterocycles. The molecule has 0 N–H and O–H groups in total. The molecule has 6 heteroatoms. The minimum atomic E-state index is -1.27. The Morgan fingerprint density at radius 1 is 0.743 bits per heavy atom. The minimum Gasteiger partial charge on any atom is -0.305 e. The molecule has 2 aromatic heterocycles. The number of hydrogen-bond donors (Lipinski definition) is 0. The zero-order chi connectivity index (χ0) is 23.9. The van der Waals surface area contributed by atoms with Crippen molar-refractivity contribution >= 4 is 0 Å². The van der Waals surface area contributed by atoms with Gasteiger partial charge in [-0.3, -0.25) is 8.78 Å². The van der Waals surface area contributed by atoms with Gasteiger partial charge in [0, 0.05) is 38.3 Å². The van der Waals surface area contributed by atoms with E-state index in [2.05, 4.69) is 22.1 Å². The summed E-state index contributed by atoms with van der Waals surface area (Å²) in [5.41, 5.74) is 4.72. The van der Waals surface area contributed by atoms with Crippen LogP contribution in [0.1, 0.15) is 5.56 Å². The summed E-state index contributed by atoms with van der Waals surface area (Å²) in [6, 6.07) is 30.5. The maximum absolute atomic E-state index is 13.9. The standard InChI is InChI=1S/C18H11F3N.C11H8N.Ir/c1-11-10-22-18(8-13(11)12-5-3-2-4-6-12)14-7-16(20)17(21)9-15(14)19;1-2-6-10(7-3-1)11-8-4-5-9-12-11;/h2-6,8-10H,1H3;1-6,8-9H;/q2*-1;. The van der Waals surface area contributed by atoms with Crippen LogP contribution in [0, 0.1) is 36.5 Å². The molecule has 5 aromatic rings. The summed E-state index contributed by atoms with van der Waals surface area (Å²) in [7, 11) is 0. The second-order valence-corrected chi connectivity index (χ2v) is 7.40. The van der Waals surface area contributed by atoms with E-state index < -0.39 is 17.5 Å². The molecule has 0 bridgehead atoms. The van der Waals surface area contributed by atoms with Crippen molar-refractivity contribution in [3.05, 3.63) is 132 Å². The smallest absolute Gasteiger partial charge is 0.0756 e. The van der Waals surface area contributed by atoms with Crippen LogP contribution in [0.15, 0.2) is 97.3 Å². The molecule has 2 heterocycles. The molecule has 0 amide bonds. The van der Waals surface area contributed by atoms with Gasteiger partial charge in [-0.2, -0.15) is 0 Å². The Morgan fingerprint density at radius 2 is 1.49 bits per heavy atom. The van der Waals surface area contributed by atoms with Crippen molar-refractivity contribution in [1.29, 1.82) is 0 Å². The molecular formula is C29H19F3IrN2-2. The Bertz CT molecular complexity index is 1340. The predicted octanol–water partition coefficient (Wildman–Crippen LogP) is 7.49. The van der Waals surface area contributed by atoms with E-state index in [1.165, 1.54) is 0 Å². The average molecular weight is 645 g/mol. The molecule has 0 saturated carbocycles. The number of benzene rings is 3. The van der Waals surface area contributed by atoms with E-state index in [0.717, 1.165) is 27.9 Å². The monoisotopic (exact) mass is 645 g/mol. The van der Waals surface area contributed by atoms with Gasteiger partial charge in [0.05, 0.1) is 11.6 Å². The second-order valence-electron chi connectivity index (χ2n) is 7.40. The van der Waals surface area contributed by atoms with Gasteiger partial charge < -0.3 is 9.97 Å². The first-order valence-electron chi connectivity index (χ1n) is 10.5. The number of aryl methyl sites for hydroxylation is 1. The van der Waals surface area contributed by atoms with Crippen molar-refractivity contribution < 1.29 is 33.3 Å². The van der Waals surface area contributed by atoms with Crippen LogP contribution in [-0.4, -0.2) is 9.97 Å². The maximum atomic E-state index is 13.9. The molecule has 1 radical (unpaired) electrons. The van der Waals surface area contributed by atoms with Gasteiger partial charge in [-0.1, -0.05) is 66.2 Å². The molecular weight excluding hydrogens is 626 g/mol. The van der Waals surface area contributed by atoms with E-state index in [1.54, 1.807) is 18.5 Å². The molecule has 3 aromatic carbocycles. The molecule has 0 aliphatic rings. The predicted molar refractivity (Wildman–Crippen MR) is 127 cm³/mol. The van der Waals surface area contributed by atoms with Gasteiger partial charge >= 0.3 is 0 Å². The SMILES string of the molecule is Cc1cnc(-c2[c-]c(F)c(F)cc2F)cc1-c1ccccc1.[Ir].[c-]1ccccc1-c1ccccn1. The molecule has 2 nitrogen and oxygen atoms in total. The molecule has 0 unspecified atom stereocenters. The molecule has 0 aliphatic carbocycles. The van der Waals surface area contributed by atoms with E-state index >= 15 is 0 Å². The van der Waals surface area contributed by atoms with Crippen LogP contribution in [0.2, 0.25) is 0 Å². The number of pyridine rings is 2. The Hall–Kier alpha value is -3.60. The van der Waals surface area contributed by atoms with Gasteiger partial charge in [-0.15, -0.1) is 35.9 Å². The van der Waals surface area contributed by atoms with Gasteiger partial charge in [-0.05, 0) is 41.1 Å². The van der Waals surface area contributed by atoms with Gasteiger partial charge in [0.2, 0.25) is 0 Å². The van der Waals surface area contributed by atoms with Crippen molar-refractivity contribution in [3.63, 3.8) is 0 Å². The third kappa shape index (κ3) is 6.50. The Balaban J connectivity index is 0.000000223. The van der Waals surface area contributed by atoms with E-state index in [9.17, 15) is 13.2 Å². The third-order valence-corrected chi connectivity index (χ3v) is 5.03. The van der Waals surface area contributed by atoms with Crippen LogP contribution in [0.4, 0.5) is 13.2 Å². The summed E-state index contributed by atoms with van der Waals surface area (Å²) in [6.07, 6.45) is 3.36. The minimum absolute atomic E-state index is 0. The van der Waals surface area contributed by atoms with Crippen LogP contribution in [0.5, 0.6) is 0 Å². The summed E-state index contributed by atoms with van der Waals surface area (Å²) in [4.78, 5) is 8.32. The van der Waals surface area contributed by atoms with Gasteiger partial charge in [-0.25, -0.2) is 4.39 Å². The molecule has 177 valence electrons. The first-order chi connectivity index (χ1) is 16.5. The molecule has 35 heavy (non-hydrogen) atoms. The van der Waals surface area contributed by atoms with Gasteiger partial charge in [0.25, 0.3) is 0 Å². The molecule has 0 saturated heterocycles. The van der Waals surface area contributed by atoms with E-state index in [0.29, 0.717) is 6.07 Å². The van der Waals surface area contributed by atoms with Crippen molar-refractivity contribution in [2.45, 2.75) is 6.92 Å². The molecule has 0 fully saturated rings. The van der Waals surface area contributed by atoms with E-state index in [-0.39, 0.29) is 31.4 Å². The summed E-state index contributed by atoms with van der Waals surface area (Å²) >= 11 is 0. The van der Waals surface area contributed by atoms with Gasteiger partial charge in [0.1, 0.15) is 0 Å². The van der Waals surface area contributed by atoms with E-state index in [1.807, 2.05) is 79.7 Å². The van der Waals surface area contributed by atoms with Crippen molar-refractivity contribution in [1.82, 2.24) is 9.97 Å². The van der Waals surface area contributed by atoms with Crippen LogP contribution in [0.25, 0.3) is 33.6 Å². The zero-order valence-corrected chi connectivity index (χ0v) is 21.0. The average Bonchev–Trinajstić information content (AvgIpc) is 2.89. The summed E-state index contributed by atoms with van der Waals surface area (Å²) in [5, 5.41) is 0. The van der Waals surface area contributed by atoms with Crippen molar-refractivity contribution in [2.24, 2.45) is 0 Å². The largest absolute Gasteiger partial charge is 0.305 e. The molecule has 5 rings (SSSR count). The van der Waals surface area contributed by atoms with E-state index in [4.69, 9.17) is 0 Å². The summed E-state index contributed by atoms with van der Waals surface area (Å²) in [5.74, 6) is -3.38. The van der Waals surface area contributed by atoms with Crippen LogP contribution in [0.3, 0.4) is 0 Å². The molecule has 0 spiro atoms. The quantitative estimate of drug-likeness (QED) is 0.150. The fourth-order valence-corrected chi connectivity index (χ4v) is 3.33. The van der Waals surface area contributed by atoms with Gasteiger partial charge in [0.15, 0.2) is 0 Å². The summed E-state index contributed by atoms with van der Waals surface area (Å²) < 4.78 is 40.2. The van der Waals surface area contributed by atoms with Crippen LogP contribution < -0.4 is 0 Å². The fraction of sp³-hybridized carbons (Fsp3) is 0.0345. The number of aromatic nitrogens is 2. The number of rotatable bonds is 3. The Labute approximate surface area is 215 Å². The Kier molecular flexibility index (Phi) is 9.07. The van der Waals surface area contributed by atoms with Crippen molar-refractivity contribution in [3.8, 4) is 33.6 Å². The van der Waals surface area contributed by atoms with Crippen LogP contribution in [-0.2, 0) is 20.1 Å². The number of nitrogens with zero attached hydrogens (tertiary/aromatic N) is 2. The Morgan fingerprint density at radius 3 is 2.17 bits per heavy atom. The first kappa shape index (κ1) is 26.0. The normalized spacial score (nSPS) is 10.1. The second kappa shape index (κ2) is 12.2. The first-order valence-corrected chi connectivity index (χ1v) is 10.5. The topological polar surface area (TPSA) is 25.8 Å². The summed E-state index contributed by atoms with van der Waals surface area (Å²) in [6.45, 7) is 1.88. The maximum Gasteiger partial charge on any atom is 0.0756 e.